The number of hydrogen-bond acceptors (Lipinski definition) is 1. The molecule has 1 atom stereocenters. The fourth-order valence-corrected chi connectivity index (χ4v) is 3.37. The Morgan fingerprint density at radius 2 is 2.12 bits per heavy atom. The zero-order chi connectivity index (χ0) is 11.0. The van der Waals surface area contributed by atoms with E-state index in [1.807, 2.05) is 6.07 Å². The van der Waals surface area contributed by atoms with Crippen LogP contribution in [-0.2, 0) is 0 Å². The second kappa shape index (κ2) is 3.96. The number of para-hydroxylation sites is 1. The van der Waals surface area contributed by atoms with E-state index in [2.05, 4.69) is 18.2 Å². The average Bonchev–Trinajstić information content (AvgIpc) is 2.67. The summed E-state index contributed by atoms with van der Waals surface area (Å²) in [7, 11) is 0. The third-order valence-corrected chi connectivity index (χ3v) is 4.74. The van der Waals surface area contributed by atoms with Crippen LogP contribution in [0.2, 0.25) is 0 Å². The minimum absolute atomic E-state index is 0.410. The third kappa shape index (κ3) is 1.62. The van der Waals surface area contributed by atoms with E-state index in [0.29, 0.717) is 11.3 Å². The number of halogens is 1. The summed E-state index contributed by atoms with van der Waals surface area (Å²) in [5, 5.41) is 0. The van der Waals surface area contributed by atoms with Gasteiger partial charge in [-0.1, -0.05) is 24.6 Å². The van der Waals surface area contributed by atoms with Gasteiger partial charge in [-0.05, 0) is 30.7 Å². The summed E-state index contributed by atoms with van der Waals surface area (Å²) in [6.45, 7) is 0.845. The quantitative estimate of drug-likeness (QED) is 0.722. The van der Waals surface area contributed by atoms with Gasteiger partial charge in [-0.15, -0.1) is 11.6 Å². The number of alkyl halides is 1. The van der Waals surface area contributed by atoms with E-state index in [0.717, 1.165) is 18.2 Å². The van der Waals surface area contributed by atoms with Crippen LogP contribution in [0.15, 0.2) is 24.3 Å². The Morgan fingerprint density at radius 3 is 2.81 bits per heavy atom. The lowest BCUT2D eigenvalue weighted by Crippen LogP contribution is -2.33. The van der Waals surface area contributed by atoms with Gasteiger partial charge in [0.25, 0.3) is 0 Å². The molecule has 2 heteroatoms. The van der Waals surface area contributed by atoms with Crippen LogP contribution in [0, 0.1) is 5.41 Å². The number of rotatable bonds is 3. The molecule has 0 N–H and O–H groups in total. The molecule has 1 heterocycles. The van der Waals surface area contributed by atoms with Gasteiger partial charge >= 0.3 is 0 Å². The molecule has 1 aromatic rings. The number of hydrogen-bond donors (Lipinski definition) is 0. The summed E-state index contributed by atoms with van der Waals surface area (Å²) in [5.41, 5.74) is 1.80. The van der Waals surface area contributed by atoms with Crippen molar-refractivity contribution in [2.24, 2.45) is 5.41 Å². The minimum atomic E-state index is 0.410. The Hall–Kier alpha value is -0.690. The maximum Gasteiger partial charge on any atom is 0.122 e. The number of fused-ring (bicyclic) bond motifs is 1. The van der Waals surface area contributed by atoms with Crippen molar-refractivity contribution < 1.29 is 4.74 Å². The molecule has 1 aliphatic carbocycles. The van der Waals surface area contributed by atoms with Gasteiger partial charge in [0.15, 0.2) is 0 Å². The van der Waals surface area contributed by atoms with Crippen LogP contribution in [0.4, 0.5) is 0 Å². The van der Waals surface area contributed by atoms with Crippen LogP contribution in [0.1, 0.15) is 37.2 Å². The van der Waals surface area contributed by atoms with E-state index in [4.69, 9.17) is 16.3 Å². The van der Waals surface area contributed by atoms with E-state index >= 15 is 0 Å². The maximum absolute atomic E-state index is 6.12. The molecule has 0 aromatic heterocycles. The lowest BCUT2D eigenvalue weighted by Gasteiger charge is -2.42. The standard InChI is InChI=1S/C14H17ClO/c15-10-14(6-3-7-14)8-11-9-16-13-5-2-1-4-12(11)13/h1-2,4-5,11H,3,6-10H2. The van der Waals surface area contributed by atoms with E-state index in [9.17, 15) is 0 Å². The van der Waals surface area contributed by atoms with Gasteiger partial charge in [0, 0.05) is 17.4 Å². The molecular weight excluding hydrogens is 220 g/mol. The van der Waals surface area contributed by atoms with Crippen molar-refractivity contribution in [3.63, 3.8) is 0 Å². The minimum Gasteiger partial charge on any atom is -0.493 e. The van der Waals surface area contributed by atoms with Crippen molar-refractivity contribution in [3.05, 3.63) is 29.8 Å². The molecule has 0 amide bonds. The topological polar surface area (TPSA) is 9.23 Å². The maximum atomic E-state index is 6.12. The fourth-order valence-electron chi connectivity index (χ4n) is 2.99. The predicted molar refractivity (Wildman–Crippen MR) is 66.3 cm³/mol. The Kier molecular flexibility index (Phi) is 2.59. The van der Waals surface area contributed by atoms with Gasteiger partial charge in [-0.3, -0.25) is 0 Å². The lowest BCUT2D eigenvalue weighted by molar-refractivity contribution is 0.131. The van der Waals surface area contributed by atoms with Crippen LogP contribution >= 0.6 is 11.6 Å². The second-order valence-corrected chi connectivity index (χ2v) is 5.50. The second-order valence-electron chi connectivity index (χ2n) is 5.24. The van der Waals surface area contributed by atoms with Crippen LogP contribution in [-0.4, -0.2) is 12.5 Å². The zero-order valence-electron chi connectivity index (χ0n) is 9.42. The molecule has 1 aromatic carbocycles. The molecule has 1 nitrogen and oxygen atoms in total. The van der Waals surface area contributed by atoms with Crippen molar-refractivity contribution in [3.8, 4) is 5.75 Å². The molecule has 1 saturated carbocycles. The summed E-state index contributed by atoms with van der Waals surface area (Å²) in [4.78, 5) is 0. The zero-order valence-corrected chi connectivity index (χ0v) is 10.2. The van der Waals surface area contributed by atoms with Gasteiger partial charge in [0.05, 0.1) is 6.61 Å². The van der Waals surface area contributed by atoms with Gasteiger partial charge < -0.3 is 4.74 Å². The first-order chi connectivity index (χ1) is 7.83. The van der Waals surface area contributed by atoms with Crippen LogP contribution in [0.5, 0.6) is 5.75 Å². The predicted octanol–water partition coefficient (Wildman–Crippen LogP) is 3.96. The molecule has 16 heavy (non-hydrogen) atoms. The van der Waals surface area contributed by atoms with Crippen LogP contribution in [0.25, 0.3) is 0 Å². The van der Waals surface area contributed by atoms with Crippen molar-refractivity contribution in [1.82, 2.24) is 0 Å². The first-order valence-electron chi connectivity index (χ1n) is 6.11. The van der Waals surface area contributed by atoms with E-state index < -0.39 is 0 Å². The lowest BCUT2D eigenvalue weighted by atomic mass is 9.65. The normalized spacial score (nSPS) is 25.7. The van der Waals surface area contributed by atoms with E-state index in [1.54, 1.807) is 0 Å². The van der Waals surface area contributed by atoms with E-state index in [-0.39, 0.29) is 0 Å². The molecule has 0 saturated heterocycles. The van der Waals surface area contributed by atoms with Gasteiger partial charge in [-0.25, -0.2) is 0 Å². The molecular formula is C14H17ClO. The highest BCUT2D eigenvalue weighted by Crippen LogP contribution is 2.50. The Balaban J connectivity index is 1.78. The van der Waals surface area contributed by atoms with Gasteiger partial charge in [0.2, 0.25) is 0 Å². The largest absolute Gasteiger partial charge is 0.493 e. The monoisotopic (exact) mass is 236 g/mol. The molecule has 0 radical (unpaired) electrons. The molecule has 1 aliphatic heterocycles. The first kappa shape index (κ1) is 10.5. The average molecular weight is 237 g/mol. The SMILES string of the molecule is ClCC1(CC2COc3ccccc32)CCC1. The molecule has 0 bridgehead atoms. The number of ether oxygens (including phenoxy) is 1. The van der Waals surface area contributed by atoms with Crippen LogP contribution < -0.4 is 4.74 Å². The highest BCUT2D eigenvalue weighted by atomic mass is 35.5. The van der Waals surface area contributed by atoms with Gasteiger partial charge in [-0.2, -0.15) is 0 Å². The van der Waals surface area contributed by atoms with Crippen molar-refractivity contribution in [1.29, 1.82) is 0 Å². The van der Waals surface area contributed by atoms with Crippen LogP contribution in [0.3, 0.4) is 0 Å². The smallest absolute Gasteiger partial charge is 0.122 e. The summed E-state index contributed by atoms with van der Waals surface area (Å²) in [5.74, 6) is 2.46. The summed E-state index contributed by atoms with van der Waals surface area (Å²) >= 11 is 6.12. The van der Waals surface area contributed by atoms with Crippen molar-refractivity contribution in [2.75, 3.05) is 12.5 Å². The number of benzene rings is 1. The fraction of sp³-hybridized carbons (Fsp3) is 0.571. The molecule has 86 valence electrons. The van der Waals surface area contributed by atoms with Crippen molar-refractivity contribution in [2.45, 2.75) is 31.6 Å². The molecule has 1 unspecified atom stereocenters. The van der Waals surface area contributed by atoms with E-state index in [1.165, 1.54) is 31.2 Å². The van der Waals surface area contributed by atoms with Crippen molar-refractivity contribution >= 4 is 11.6 Å². The molecule has 0 spiro atoms. The Labute approximate surface area is 102 Å². The summed E-state index contributed by atoms with van der Waals surface area (Å²) in [6.07, 6.45) is 5.15. The first-order valence-corrected chi connectivity index (χ1v) is 6.64. The molecule has 1 fully saturated rings. The third-order valence-electron chi connectivity index (χ3n) is 4.18. The Morgan fingerprint density at radius 1 is 1.31 bits per heavy atom. The highest BCUT2D eigenvalue weighted by Gasteiger charge is 2.40. The summed E-state index contributed by atoms with van der Waals surface area (Å²) < 4.78 is 5.73. The Bertz CT molecular complexity index is 379. The molecule has 3 rings (SSSR count). The van der Waals surface area contributed by atoms with Gasteiger partial charge in [0.1, 0.15) is 5.75 Å². The molecule has 2 aliphatic rings. The summed E-state index contributed by atoms with van der Waals surface area (Å²) in [6, 6.07) is 8.42. The highest BCUT2D eigenvalue weighted by molar-refractivity contribution is 6.18.